The summed E-state index contributed by atoms with van der Waals surface area (Å²) in [6, 6.07) is 0. The molecule has 20 heavy (non-hydrogen) atoms. The Labute approximate surface area is 122 Å². The van der Waals surface area contributed by atoms with Crippen LogP contribution in [0.2, 0.25) is 0 Å². The van der Waals surface area contributed by atoms with E-state index in [0.717, 1.165) is 58.3 Å². The van der Waals surface area contributed by atoms with Gasteiger partial charge in [0.15, 0.2) is 0 Å². The largest absolute Gasteiger partial charge is 0.382 e. The Morgan fingerprint density at radius 2 is 2.10 bits per heavy atom. The molecular formula is C15H29N3O2. The first kappa shape index (κ1) is 17.0. The van der Waals surface area contributed by atoms with Gasteiger partial charge in [-0.1, -0.05) is 13.8 Å². The summed E-state index contributed by atoms with van der Waals surface area (Å²) in [5, 5.41) is 3.31. The fourth-order valence-electron chi connectivity index (χ4n) is 1.79. The molecule has 0 saturated heterocycles. The van der Waals surface area contributed by atoms with Crippen molar-refractivity contribution >= 4 is 5.95 Å². The van der Waals surface area contributed by atoms with E-state index in [0.29, 0.717) is 5.92 Å². The molecule has 0 amide bonds. The van der Waals surface area contributed by atoms with Crippen LogP contribution in [0.3, 0.4) is 0 Å². The zero-order valence-electron chi connectivity index (χ0n) is 13.1. The second kappa shape index (κ2) is 10.7. The van der Waals surface area contributed by atoms with Crippen LogP contribution in [0.4, 0.5) is 5.95 Å². The van der Waals surface area contributed by atoms with Gasteiger partial charge in [0.05, 0.1) is 6.61 Å². The predicted molar refractivity (Wildman–Crippen MR) is 82.1 cm³/mol. The monoisotopic (exact) mass is 283 g/mol. The molecule has 0 fully saturated rings. The van der Waals surface area contributed by atoms with E-state index in [-0.39, 0.29) is 0 Å². The molecule has 1 N–H and O–H groups in total. The van der Waals surface area contributed by atoms with Gasteiger partial charge in [-0.15, -0.1) is 0 Å². The lowest BCUT2D eigenvalue weighted by molar-refractivity contribution is 0.132. The minimum atomic E-state index is 0.701. The lowest BCUT2D eigenvalue weighted by Gasteiger charge is -2.10. The highest BCUT2D eigenvalue weighted by molar-refractivity contribution is 5.25. The smallest absolute Gasteiger partial charge is 0.202 e. The Kier molecular flexibility index (Phi) is 9.07. The summed E-state index contributed by atoms with van der Waals surface area (Å²) in [6.07, 6.45) is 5.94. The van der Waals surface area contributed by atoms with Crippen molar-refractivity contribution in [1.82, 2.24) is 9.55 Å². The molecule has 0 unspecified atom stereocenters. The van der Waals surface area contributed by atoms with Crippen molar-refractivity contribution in [2.45, 2.75) is 40.2 Å². The van der Waals surface area contributed by atoms with Crippen LogP contribution in [0.15, 0.2) is 12.4 Å². The van der Waals surface area contributed by atoms with Gasteiger partial charge in [0, 0.05) is 45.3 Å². The normalized spacial score (nSPS) is 11.2. The zero-order valence-corrected chi connectivity index (χ0v) is 13.1. The Bertz CT molecular complexity index is 340. The highest BCUT2D eigenvalue weighted by Crippen LogP contribution is 2.05. The quantitative estimate of drug-likeness (QED) is 0.599. The Morgan fingerprint density at radius 1 is 1.25 bits per heavy atom. The third-order valence-electron chi connectivity index (χ3n) is 2.98. The van der Waals surface area contributed by atoms with Crippen LogP contribution < -0.4 is 5.32 Å². The van der Waals surface area contributed by atoms with Gasteiger partial charge in [-0.2, -0.15) is 0 Å². The number of imidazole rings is 1. The summed E-state index contributed by atoms with van der Waals surface area (Å²) in [7, 11) is 0. The fourth-order valence-corrected chi connectivity index (χ4v) is 1.79. The second-order valence-corrected chi connectivity index (χ2v) is 5.22. The number of nitrogens with zero attached hydrogens (tertiary/aromatic N) is 2. The van der Waals surface area contributed by atoms with Crippen LogP contribution in [-0.2, 0) is 16.0 Å². The highest BCUT2D eigenvalue weighted by Gasteiger charge is 2.01. The first-order valence-electron chi connectivity index (χ1n) is 7.64. The van der Waals surface area contributed by atoms with E-state index in [2.05, 4.69) is 28.7 Å². The maximum absolute atomic E-state index is 5.58. The van der Waals surface area contributed by atoms with E-state index in [1.165, 1.54) is 0 Å². The van der Waals surface area contributed by atoms with Gasteiger partial charge in [0.25, 0.3) is 0 Å². The number of hydrogen-bond donors (Lipinski definition) is 1. The molecule has 5 heteroatoms. The molecular weight excluding hydrogens is 254 g/mol. The number of aryl methyl sites for hydroxylation is 1. The zero-order chi connectivity index (χ0) is 14.6. The number of hydrogen-bond acceptors (Lipinski definition) is 4. The maximum Gasteiger partial charge on any atom is 0.202 e. The summed E-state index contributed by atoms with van der Waals surface area (Å²) in [6.45, 7) is 11.3. The molecule has 0 atom stereocenters. The van der Waals surface area contributed by atoms with Crippen LogP contribution >= 0.6 is 0 Å². The van der Waals surface area contributed by atoms with Crippen molar-refractivity contribution in [3.63, 3.8) is 0 Å². The molecule has 0 aromatic carbocycles. The summed E-state index contributed by atoms with van der Waals surface area (Å²) in [5.74, 6) is 1.61. The van der Waals surface area contributed by atoms with E-state index in [1.807, 2.05) is 19.3 Å². The fraction of sp³-hybridized carbons (Fsp3) is 0.800. The van der Waals surface area contributed by atoms with Gasteiger partial charge in [0.2, 0.25) is 5.95 Å². The van der Waals surface area contributed by atoms with Gasteiger partial charge >= 0.3 is 0 Å². The third-order valence-corrected chi connectivity index (χ3v) is 2.98. The van der Waals surface area contributed by atoms with Crippen molar-refractivity contribution < 1.29 is 9.47 Å². The lowest BCUT2D eigenvalue weighted by Crippen LogP contribution is -2.14. The SMILES string of the molecule is CCOCCCn1ccnc1NCCOCCC(C)C. The van der Waals surface area contributed by atoms with E-state index >= 15 is 0 Å². The number of nitrogens with one attached hydrogen (secondary N) is 1. The molecule has 0 bridgehead atoms. The molecule has 0 saturated carbocycles. The average Bonchev–Trinajstić information content (AvgIpc) is 2.86. The Balaban J connectivity index is 2.12. The molecule has 0 aliphatic heterocycles. The van der Waals surface area contributed by atoms with Crippen molar-refractivity contribution in [2.75, 3.05) is 38.3 Å². The van der Waals surface area contributed by atoms with Crippen LogP contribution in [-0.4, -0.2) is 42.5 Å². The standard InChI is InChI=1S/C15H29N3O2/c1-4-19-11-5-9-18-10-7-16-15(18)17-8-13-20-12-6-14(2)3/h7,10,14H,4-6,8-9,11-13H2,1-3H3,(H,16,17). The highest BCUT2D eigenvalue weighted by atomic mass is 16.5. The number of rotatable bonds is 12. The van der Waals surface area contributed by atoms with E-state index in [1.54, 1.807) is 0 Å². The van der Waals surface area contributed by atoms with Gasteiger partial charge in [-0.05, 0) is 25.7 Å². The molecule has 0 spiro atoms. The minimum Gasteiger partial charge on any atom is -0.382 e. The molecule has 0 radical (unpaired) electrons. The average molecular weight is 283 g/mol. The van der Waals surface area contributed by atoms with Crippen LogP contribution in [0.1, 0.15) is 33.6 Å². The van der Waals surface area contributed by atoms with E-state index < -0.39 is 0 Å². The Hall–Kier alpha value is -1.07. The van der Waals surface area contributed by atoms with Gasteiger partial charge in [-0.3, -0.25) is 0 Å². The van der Waals surface area contributed by atoms with E-state index in [9.17, 15) is 0 Å². The van der Waals surface area contributed by atoms with Crippen LogP contribution in [0.25, 0.3) is 0 Å². The first-order valence-corrected chi connectivity index (χ1v) is 7.64. The van der Waals surface area contributed by atoms with Crippen LogP contribution in [0.5, 0.6) is 0 Å². The molecule has 0 aliphatic rings. The van der Waals surface area contributed by atoms with Crippen LogP contribution in [0, 0.1) is 5.92 Å². The first-order chi connectivity index (χ1) is 9.74. The topological polar surface area (TPSA) is 48.3 Å². The Morgan fingerprint density at radius 3 is 2.85 bits per heavy atom. The molecule has 116 valence electrons. The molecule has 0 aliphatic carbocycles. The summed E-state index contributed by atoms with van der Waals surface area (Å²) >= 11 is 0. The minimum absolute atomic E-state index is 0.701. The maximum atomic E-state index is 5.58. The number of anilines is 1. The predicted octanol–water partition coefficient (Wildman–Crippen LogP) is 2.78. The summed E-state index contributed by atoms with van der Waals surface area (Å²) in [4.78, 5) is 4.32. The van der Waals surface area contributed by atoms with Gasteiger partial charge < -0.3 is 19.4 Å². The van der Waals surface area contributed by atoms with Gasteiger partial charge in [0.1, 0.15) is 0 Å². The third kappa shape index (κ3) is 7.50. The van der Waals surface area contributed by atoms with Crippen molar-refractivity contribution in [2.24, 2.45) is 5.92 Å². The van der Waals surface area contributed by atoms with Crippen molar-refractivity contribution in [3.05, 3.63) is 12.4 Å². The number of aromatic nitrogens is 2. The second-order valence-electron chi connectivity index (χ2n) is 5.22. The molecule has 1 aromatic heterocycles. The summed E-state index contributed by atoms with van der Waals surface area (Å²) < 4.78 is 13.0. The lowest BCUT2D eigenvalue weighted by atomic mass is 10.1. The van der Waals surface area contributed by atoms with Crippen molar-refractivity contribution in [3.8, 4) is 0 Å². The number of ether oxygens (including phenoxy) is 2. The molecule has 1 rings (SSSR count). The molecule has 5 nitrogen and oxygen atoms in total. The van der Waals surface area contributed by atoms with Crippen molar-refractivity contribution in [1.29, 1.82) is 0 Å². The molecule has 1 heterocycles. The van der Waals surface area contributed by atoms with E-state index in [4.69, 9.17) is 9.47 Å². The summed E-state index contributed by atoms with van der Waals surface area (Å²) in [5.41, 5.74) is 0. The molecule has 1 aromatic rings. The van der Waals surface area contributed by atoms with Gasteiger partial charge in [-0.25, -0.2) is 4.98 Å².